The van der Waals surface area contributed by atoms with Crippen LogP contribution in [0.5, 0.6) is 0 Å². The fourth-order valence-corrected chi connectivity index (χ4v) is 4.61. The van der Waals surface area contributed by atoms with Crippen LogP contribution in [0, 0.1) is 17.1 Å². The molecule has 6 nitrogen and oxygen atoms in total. The van der Waals surface area contributed by atoms with E-state index in [1.54, 1.807) is 23.0 Å². The molecule has 0 saturated heterocycles. The van der Waals surface area contributed by atoms with Crippen LogP contribution in [0.4, 0.5) is 15.9 Å². The minimum atomic E-state index is -0.254. The van der Waals surface area contributed by atoms with Crippen molar-refractivity contribution in [2.75, 3.05) is 11.9 Å². The summed E-state index contributed by atoms with van der Waals surface area (Å²) in [6.07, 6.45) is 5.35. The molecule has 1 saturated carbocycles. The minimum absolute atomic E-state index is 0.240. The van der Waals surface area contributed by atoms with E-state index >= 15 is 4.39 Å². The molecule has 1 aromatic heterocycles. The highest BCUT2D eigenvalue weighted by molar-refractivity contribution is 7.44. The Bertz CT molecular complexity index is 1090. The molecule has 2 heterocycles. The molecule has 1 aliphatic carbocycles. The Morgan fingerprint density at radius 1 is 1.45 bits per heavy atom. The summed E-state index contributed by atoms with van der Waals surface area (Å²) >= 11 is 5.23. The molecule has 1 aliphatic heterocycles. The van der Waals surface area contributed by atoms with Gasteiger partial charge in [0, 0.05) is 29.8 Å². The van der Waals surface area contributed by atoms with E-state index in [-0.39, 0.29) is 11.7 Å². The molecule has 2 unspecified atom stereocenters. The van der Waals surface area contributed by atoms with Crippen molar-refractivity contribution >= 4 is 29.6 Å². The molecule has 2 aromatic rings. The van der Waals surface area contributed by atoms with Crippen molar-refractivity contribution in [1.82, 2.24) is 10.2 Å². The number of benzene rings is 1. The van der Waals surface area contributed by atoms with Crippen LogP contribution in [-0.2, 0) is 25.4 Å². The van der Waals surface area contributed by atoms with Gasteiger partial charge in [-0.1, -0.05) is 12.6 Å². The number of anilines is 2. The monoisotopic (exact) mass is 439 g/mol. The van der Waals surface area contributed by atoms with Gasteiger partial charge in [-0.25, -0.2) is 4.39 Å². The van der Waals surface area contributed by atoms with Gasteiger partial charge in [-0.2, -0.15) is 9.04 Å². The van der Waals surface area contributed by atoms with Crippen molar-refractivity contribution in [3.05, 3.63) is 64.8 Å². The Morgan fingerprint density at radius 3 is 3.03 bits per heavy atom. The number of halogens is 1. The maximum absolute atomic E-state index is 15.0. The Balaban J connectivity index is 1.44. The highest BCUT2D eigenvalue weighted by Gasteiger charge is 2.29. The Hall–Kier alpha value is -2.87. The molecule has 5 N–H and O–H groups in total. The molecule has 0 bridgehead atoms. The van der Waals surface area contributed by atoms with E-state index in [0.717, 1.165) is 49.2 Å². The van der Waals surface area contributed by atoms with Crippen molar-refractivity contribution in [3.8, 4) is 0 Å². The van der Waals surface area contributed by atoms with Gasteiger partial charge in [0.05, 0.1) is 17.0 Å². The van der Waals surface area contributed by atoms with Gasteiger partial charge in [0.2, 0.25) is 0 Å². The third kappa shape index (κ3) is 4.58. The first kappa shape index (κ1) is 21.4. The van der Waals surface area contributed by atoms with E-state index in [9.17, 15) is 0 Å². The third-order valence-electron chi connectivity index (χ3n) is 6.28. The molecule has 1 fully saturated rings. The molecular weight excluding hydrogens is 411 g/mol. The number of H-pyrrole nitrogens is 1. The van der Waals surface area contributed by atoms with Crippen LogP contribution < -0.4 is 11.1 Å². The van der Waals surface area contributed by atoms with Crippen molar-refractivity contribution in [2.45, 2.75) is 45.1 Å². The normalized spacial score (nSPS) is 21.1. The number of hydrogen-bond donors (Lipinski definition) is 4. The lowest BCUT2D eigenvalue weighted by molar-refractivity contribution is -0.518. The molecule has 162 valence electrons. The number of fused-ring (bicyclic) bond motifs is 1. The second-order valence-corrected chi connectivity index (χ2v) is 9.07. The lowest BCUT2D eigenvalue weighted by Crippen LogP contribution is -2.21. The smallest absolute Gasteiger partial charge is 0.263 e. The molecule has 8 heteroatoms. The van der Waals surface area contributed by atoms with Crippen LogP contribution in [0.25, 0.3) is 0 Å². The maximum atomic E-state index is 15.0. The quantitative estimate of drug-likeness (QED) is 0.396. The van der Waals surface area contributed by atoms with E-state index in [4.69, 9.17) is 23.6 Å². The average molecular weight is 440 g/mol. The molecular formula is C23H28FN6S+. The summed E-state index contributed by atoms with van der Waals surface area (Å²) in [4.78, 5) is 0. The first-order chi connectivity index (χ1) is 14.8. The van der Waals surface area contributed by atoms with E-state index in [2.05, 4.69) is 22.1 Å². The standard InChI is InChI=1S/C23H28FN6S/c1-13(2)18(25)10-19(26)15-3-4-16(9-15)21-11-22(29-28-21)27-20-6-5-14-7-8-30(31)12-17(14)23(20)24/h5-6,10-11,15-16,25H,1,3-4,7-9,12,26H2,2H3,(H2,27,28,29)/q+1/b19-10-,25-18?. The van der Waals surface area contributed by atoms with Gasteiger partial charge in [0.25, 0.3) is 12.4 Å². The van der Waals surface area contributed by atoms with E-state index in [0.29, 0.717) is 40.8 Å². The lowest BCUT2D eigenvalue weighted by Gasteiger charge is -2.15. The zero-order valence-corrected chi connectivity index (χ0v) is 18.5. The number of aromatic nitrogens is 2. The number of nitrogens with two attached hydrogens (primary N) is 1. The predicted octanol–water partition coefficient (Wildman–Crippen LogP) is 4.41. The molecule has 0 spiro atoms. The molecule has 4 rings (SSSR count). The fraction of sp³-hybridized carbons (Fsp3) is 0.391. The molecule has 0 radical (unpaired) electrons. The van der Waals surface area contributed by atoms with E-state index in [1.807, 2.05) is 12.1 Å². The Kier molecular flexibility index (Phi) is 6.00. The number of nitrogens with zero attached hydrogens (tertiary/aromatic N) is 2. The Labute approximate surface area is 187 Å². The highest BCUT2D eigenvalue weighted by atomic mass is 32.1. The number of nitrogens with one attached hydrogen (secondary N) is 3. The van der Waals surface area contributed by atoms with Crippen LogP contribution in [0.1, 0.15) is 48.9 Å². The van der Waals surface area contributed by atoms with Gasteiger partial charge in [-0.05, 0) is 55.4 Å². The minimum Gasteiger partial charge on any atom is -0.402 e. The summed E-state index contributed by atoms with van der Waals surface area (Å²) in [5.74, 6) is 0.885. The second-order valence-electron chi connectivity index (χ2n) is 8.56. The average Bonchev–Trinajstić information content (AvgIpc) is 3.40. The molecule has 31 heavy (non-hydrogen) atoms. The summed E-state index contributed by atoms with van der Waals surface area (Å²) in [6.45, 7) is 6.81. The summed E-state index contributed by atoms with van der Waals surface area (Å²) < 4.78 is 16.7. The maximum Gasteiger partial charge on any atom is 0.263 e. The van der Waals surface area contributed by atoms with Crippen molar-refractivity contribution < 1.29 is 8.34 Å². The fourth-order valence-electron chi connectivity index (χ4n) is 4.39. The molecule has 2 aliphatic rings. The van der Waals surface area contributed by atoms with E-state index < -0.39 is 0 Å². The number of hydrogen-bond acceptors (Lipinski definition) is 5. The van der Waals surface area contributed by atoms with Gasteiger partial charge in [-0.3, -0.25) is 5.10 Å². The van der Waals surface area contributed by atoms with E-state index in [1.165, 1.54) is 0 Å². The largest absolute Gasteiger partial charge is 0.402 e. The van der Waals surface area contributed by atoms with Crippen LogP contribution in [0.15, 0.2) is 42.1 Å². The zero-order valence-electron chi connectivity index (χ0n) is 17.7. The van der Waals surface area contributed by atoms with Crippen molar-refractivity contribution in [2.24, 2.45) is 11.7 Å². The summed E-state index contributed by atoms with van der Waals surface area (Å²) in [7, 11) is 0. The van der Waals surface area contributed by atoms with Gasteiger partial charge in [-0.15, -0.1) is 0 Å². The van der Waals surface area contributed by atoms with Gasteiger partial charge in [0.15, 0.2) is 24.7 Å². The summed E-state index contributed by atoms with van der Waals surface area (Å²) in [5, 5.41) is 18.5. The third-order valence-corrected chi connectivity index (χ3v) is 6.59. The van der Waals surface area contributed by atoms with Crippen molar-refractivity contribution in [1.29, 1.82) is 5.41 Å². The van der Waals surface area contributed by atoms with Gasteiger partial charge >= 0.3 is 0 Å². The van der Waals surface area contributed by atoms with Crippen LogP contribution in [-0.4, -0.2) is 26.4 Å². The molecule has 1 aromatic carbocycles. The van der Waals surface area contributed by atoms with Gasteiger partial charge in [0.1, 0.15) is 0 Å². The summed E-state index contributed by atoms with van der Waals surface area (Å²) in [6, 6.07) is 5.69. The molecule has 0 amide bonds. The number of allylic oxidation sites excluding steroid dienone is 3. The van der Waals surface area contributed by atoms with Crippen LogP contribution in [0.2, 0.25) is 0 Å². The predicted molar refractivity (Wildman–Crippen MR) is 123 cm³/mol. The van der Waals surface area contributed by atoms with Crippen LogP contribution in [0.3, 0.4) is 0 Å². The van der Waals surface area contributed by atoms with Crippen LogP contribution >= 0.6 is 0 Å². The first-order valence-corrected chi connectivity index (χ1v) is 10.9. The zero-order chi connectivity index (χ0) is 22.1. The highest BCUT2D eigenvalue weighted by Crippen LogP contribution is 2.40. The topological polar surface area (TPSA) is 93.6 Å². The SMILES string of the molecule is C=C(C)C(=N)/C=C(\N)C1CCC(c2cc(Nc3ccc4c(c3F)C[N+](=S)CC4)n[nH]2)C1. The van der Waals surface area contributed by atoms with Crippen molar-refractivity contribution in [3.63, 3.8) is 0 Å². The second kappa shape index (κ2) is 8.70. The Morgan fingerprint density at radius 2 is 2.26 bits per heavy atom. The first-order valence-electron chi connectivity index (χ1n) is 10.6. The number of aromatic amines is 1. The number of rotatable bonds is 6. The summed E-state index contributed by atoms with van der Waals surface area (Å²) in [5.41, 5.74) is 11.2. The lowest BCUT2D eigenvalue weighted by atomic mass is 9.98. The van der Waals surface area contributed by atoms with Gasteiger partial charge < -0.3 is 16.5 Å². The molecule has 2 atom stereocenters.